The number of ether oxygens (including phenoxy) is 1. The molecule has 0 saturated carbocycles. The Morgan fingerprint density at radius 3 is 3.00 bits per heavy atom. The smallest absolute Gasteiger partial charge is 0.417 e. The van der Waals surface area contributed by atoms with E-state index in [1.165, 1.54) is 7.11 Å². The monoisotopic (exact) mass is 243 g/mol. The lowest BCUT2D eigenvalue weighted by Crippen LogP contribution is -1.93. The third-order valence-electron chi connectivity index (χ3n) is 1.71. The van der Waals surface area contributed by atoms with Crippen molar-refractivity contribution in [1.29, 1.82) is 0 Å². The van der Waals surface area contributed by atoms with Gasteiger partial charge in [-0.1, -0.05) is 0 Å². The molecule has 1 N–H and O–H groups in total. The normalized spacial score (nSPS) is 10.6. The molecule has 0 fully saturated rings. The number of aromatic amines is 1. The summed E-state index contributed by atoms with van der Waals surface area (Å²) in [6, 6.07) is 3.51. The molecule has 0 amide bonds. The second-order valence-corrected chi connectivity index (χ2v) is 3.32. The van der Waals surface area contributed by atoms with Crippen LogP contribution < -0.4 is 10.5 Å². The van der Waals surface area contributed by atoms with Crippen molar-refractivity contribution in [3.05, 3.63) is 27.2 Å². The van der Waals surface area contributed by atoms with E-state index in [0.717, 1.165) is 4.47 Å². The molecule has 0 bridgehead atoms. The van der Waals surface area contributed by atoms with Crippen molar-refractivity contribution in [2.45, 2.75) is 0 Å². The van der Waals surface area contributed by atoms with Gasteiger partial charge in [-0.3, -0.25) is 4.98 Å². The molecule has 0 unspecified atom stereocenters. The molecule has 1 heterocycles. The molecule has 4 nitrogen and oxygen atoms in total. The van der Waals surface area contributed by atoms with E-state index in [4.69, 9.17) is 9.15 Å². The maximum atomic E-state index is 10.9. The van der Waals surface area contributed by atoms with Crippen LogP contribution in [0, 0.1) is 0 Å². The van der Waals surface area contributed by atoms with Gasteiger partial charge in [0.05, 0.1) is 11.6 Å². The SMILES string of the molecule is COc1ccc(Br)c2oc(=O)[nH]c12. The lowest BCUT2D eigenvalue weighted by molar-refractivity contribution is 0.419. The second kappa shape index (κ2) is 2.92. The van der Waals surface area contributed by atoms with Crippen molar-refractivity contribution in [1.82, 2.24) is 4.98 Å². The van der Waals surface area contributed by atoms with Gasteiger partial charge >= 0.3 is 5.76 Å². The van der Waals surface area contributed by atoms with Crippen molar-refractivity contribution in [3.63, 3.8) is 0 Å². The predicted molar refractivity (Wildman–Crippen MR) is 51.1 cm³/mol. The van der Waals surface area contributed by atoms with Crippen molar-refractivity contribution < 1.29 is 9.15 Å². The summed E-state index contributed by atoms with van der Waals surface area (Å²) >= 11 is 3.27. The molecule has 0 spiro atoms. The minimum atomic E-state index is -0.486. The van der Waals surface area contributed by atoms with E-state index in [9.17, 15) is 4.79 Å². The summed E-state index contributed by atoms with van der Waals surface area (Å²) in [6.07, 6.45) is 0. The average Bonchev–Trinajstić information content (AvgIpc) is 2.48. The van der Waals surface area contributed by atoms with E-state index in [1.54, 1.807) is 12.1 Å². The number of hydrogen-bond acceptors (Lipinski definition) is 3. The van der Waals surface area contributed by atoms with Gasteiger partial charge < -0.3 is 9.15 Å². The van der Waals surface area contributed by atoms with E-state index in [1.807, 2.05) is 0 Å². The quantitative estimate of drug-likeness (QED) is 0.833. The fourth-order valence-electron chi connectivity index (χ4n) is 1.15. The summed E-state index contributed by atoms with van der Waals surface area (Å²) in [4.78, 5) is 13.5. The van der Waals surface area contributed by atoms with Crippen LogP contribution in [-0.4, -0.2) is 12.1 Å². The van der Waals surface area contributed by atoms with Crippen LogP contribution in [-0.2, 0) is 0 Å². The zero-order valence-corrected chi connectivity index (χ0v) is 8.34. The predicted octanol–water partition coefficient (Wildman–Crippen LogP) is 1.89. The molecule has 68 valence electrons. The molecule has 0 saturated heterocycles. The standard InChI is InChI=1S/C8H6BrNO3/c1-12-5-3-2-4(9)7-6(5)10-8(11)13-7/h2-3H,1H3,(H,10,11). The van der Waals surface area contributed by atoms with Gasteiger partial charge in [-0.15, -0.1) is 0 Å². The Balaban J connectivity index is 2.91. The molecule has 13 heavy (non-hydrogen) atoms. The van der Waals surface area contributed by atoms with Crippen LogP contribution in [0.1, 0.15) is 0 Å². The number of fused-ring (bicyclic) bond motifs is 1. The number of aromatic nitrogens is 1. The van der Waals surface area contributed by atoms with Crippen LogP contribution in [0.5, 0.6) is 5.75 Å². The van der Waals surface area contributed by atoms with E-state index in [0.29, 0.717) is 16.8 Å². The van der Waals surface area contributed by atoms with Crippen molar-refractivity contribution in [2.75, 3.05) is 7.11 Å². The Kier molecular flexibility index (Phi) is 1.88. The van der Waals surface area contributed by atoms with Crippen LogP contribution in [0.15, 0.2) is 25.8 Å². The zero-order chi connectivity index (χ0) is 9.42. The highest BCUT2D eigenvalue weighted by molar-refractivity contribution is 9.10. The maximum absolute atomic E-state index is 10.9. The van der Waals surface area contributed by atoms with E-state index < -0.39 is 5.76 Å². The van der Waals surface area contributed by atoms with E-state index in [-0.39, 0.29) is 0 Å². The van der Waals surface area contributed by atoms with Gasteiger partial charge in [0, 0.05) is 0 Å². The van der Waals surface area contributed by atoms with Crippen LogP contribution in [0.4, 0.5) is 0 Å². The molecule has 0 aliphatic carbocycles. The van der Waals surface area contributed by atoms with Gasteiger partial charge in [0.2, 0.25) is 0 Å². The molecule has 1 aromatic heterocycles. The van der Waals surface area contributed by atoms with Crippen LogP contribution in [0.2, 0.25) is 0 Å². The minimum Gasteiger partial charge on any atom is -0.494 e. The number of H-pyrrole nitrogens is 1. The van der Waals surface area contributed by atoms with Gasteiger partial charge in [0.15, 0.2) is 5.58 Å². The summed E-state index contributed by atoms with van der Waals surface area (Å²) in [5, 5.41) is 0. The Morgan fingerprint density at radius 2 is 2.31 bits per heavy atom. The molecular weight excluding hydrogens is 238 g/mol. The molecule has 5 heteroatoms. The average molecular weight is 244 g/mol. The highest BCUT2D eigenvalue weighted by Gasteiger charge is 2.09. The molecule has 1 aromatic carbocycles. The zero-order valence-electron chi connectivity index (χ0n) is 6.76. The fourth-order valence-corrected chi connectivity index (χ4v) is 1.56. The lowest BCUT2D eigenvalue weighted by Gasteiger charge is -1.99. The van der Waals surface area contributed by atoms with E-state index >= 15 is 0 Å². The Morgan fingerprint density at radius 1 is 1.54 bits per heavy atom. The van der Waals surface area contributed by atoms with E-state index in [2.05, 4.69) is 20.9 Å². The third-order valence-corrected chi connectivity index (χ3v) is 2.34. The first-order chi connectivity index (χ1) is 6.22. The molecule has 0 aliphatic heterocycles. The fraction of sp³-hybridized carbons (Fsp3) is 0.125. The van der Waals surface area contributed by atoms with Crippen LogP contribution >= 0.6 is 15.9 Å². The van der Waals surface area contributed by atoms with Crippen molar-refractivity contribution in [2.24, 2.45) is 0 Å². The first kappa shape index (κ1) is 8.37. The Bertz CT molecular complexity index is 500. The number of methoxy groups -OCH3 is 1. The lowest BCUT2D eigenvalue weighted by atomic mass is 10.3. The first-order valence-electron chi connectivity index (χ1n) is 3.57. The van der Waals surface area contributed by atoms with Gasteiger partial charge in [-0.05, 0) is 28.1 Å². The summed E-state index contributed by atoms with van der Waals surface area (Å²) in [5.74, 6) is 0.101. The molecule has 0 atom stereocenters. The summed E-state index contributed by atoms with van der Waals surface area (Å²) < 4.78 is 10.7. The van der Waals surface area contributed by atoms with Crippen molar-refractivity contribution in [3.8, 4) is 5.75 Å². The molecule has 0 aliphatic rings. The summed E-state index contributed by atoms with van der Waals surface area (Å²) in [5.41, 5.74) is 1.05. The van der Waals surface area contributed by atoms with Gasteiger partial charge in [-0.25, -0.2) is 4.79 Å². The molecule has 2 aromatic rings. The summed E-state index contributed by atoms with van der Waals surface area (Å²) in [6.45, 7) is 0. The number of benzene rings is 1. The molecule has 2 rings (SSSR count). The van der Waals surface area contributed by atoms with Crippen molar-refractivity contribution >= 4 is 27.0 Å². The first-order valence-corrected chi connectivity index (χ1v) is 4.37. The second-order valence-electron chi connectivity index (χ2n) is 2.47. The number of nitrogens with one attached hydrogen (secondary N) is 1. The van der Waals surface area contributed by atoms with Crippen LogP contribution in [0.25, 0.3) is 11.1 Å². The topological polar surface area (TPSA) is 55.2 Å². The summed E-state index contributed by atoms with van der Waals surface area (Å²) in [7, 11) is 1.54. The Hall–Kier alpha value is -1.23. The maximum Gasteiger partial charge on any atom is 0.417 e. The largest absolute Gasteiger partial charge is 0.494 e. The molecule has 0 radical (unpaired) electrons. The third kappa shape index (κ3) is 1.25. The number of halogens is 1. The minimum absolute atomic E-state index is 0.476. The van der Waals surface area contributed by atoms with Gasteiger partial charge in [0.25, 0.3) is 0 Å². The Labute approximate surface area is 81.6 Å². The van der Waals surface area contributed by atoms with Gasteiger partial charge in [0.1, 0.15) is 11.3 Å². The highest BCUT2D eigenvalue weighted by atomic mass is 79.9. The molecular formula is C8H6BrNO3. The number of oxazole rings is 1. The highest BCUT2D eigenvalue weighted by Crippen LogP contribution is 2.28. The van der Waals surface area contributed by atoms with Crippen LogP contribution in [0.3, 0.4) is 0 Å². The number of rotatable bonds is 1. The number of hydrogen-bond donors (Lipinski definition) is 1. The van der Waals surface area contributed by atoms with Gasteiger partial charge in [-0.2, -0.15) is 0 Å².